The summed E-state index contributed by atoms with van der Waals surface area (Å²) in [7, 11) is 1.56. The number of unbranched alkanes of at least 4 members (excludes halogenated alkanes) is 1. The van der Waals surface area contributed by atoms with Crippen molar-refractivity contribution >= 4 is 28.5 Å². The summed E-state index contributed by atoms with van der Waals surface area (Å²) in [6.45, 7) is 9.07. The molecule has 4 aromatic rings. The Bertz CT molecular complexity index is 1700. The van der Waals surface area contributed by atoms with Crippen molar-refractivity contribution in [3.8, 4) is 11.5 Å². The van der Waals surface area contributed by atoms with E-state index in [0.29, 0.717) is 58.4 Å². The Hall–Kier alpha value is -4.59. The first kappa shape index (κ1) is 29.9. The molecule has 43 heavy (non-hydrogen) atoms. The van der Waals surface area contributed by atoms with Gasteiger partial charge >= 0.3 is 5.97 Å². The number of carbonyl (C=O) groups is 2. The number of methoxy groups -OCH3 is 1. The van der Waals surface area contributed by atoms with Crippen LogP contribution in [0.5, 0.6) is 11.5 Å². The Morgan fingerprint density at radius 3 is 2.44 bits per heavy atom. The topological polar surface area (TPSA) is 95.3 Å². The second-order valence-corrected chi connectivity index (χ2v) is 11.2. The predicted molar refractivity (Wildman–Crippen MR) is 165 cm³/mol. The fourth-order valence-electron chi connectivity index (χ4n) is 5.20. The zero-order valence-corrected chi connectivity index (χ0v) is 25.3. The quantitative estimate of drug-likeness (QED) is 0.136. The van der Waals surface area contributed by atoms with Crippen LogP contribution in [0.1, 0.15) is 83.7 Å². The van der Waals surface area contributed by atoms with Crippen LogP contribution in [0.4, 0.5) is 5.69 Å². The van der Waals surface area contributed by atoms with E-state index in [1.807, 2.05) is 26.0 Å². The molecule has 0 saturated carbocycles. The van der Waals surface area contributed by atoms with Crippen LogP contribution in [0.15, 0.2) is 69.9 Å². The highest BCUT2D eigenvalue weighted by molar-refractivity contribution is 6.11. The number of anilines is 1. The van der Waals surface area contributed by atoms with E-state index in [-0.39, 0.29) is 16.8 Å². The van der Waals surface area contributed by atoms with E-state index >= 15 is 0 Å². The third-order valence-corrected chi connectivity index (χ3v) is 7.59. The van der Waals surface area contributed by atoms with Crippen molar-refractivity contribution in [2.45, 2.75) is 53.0 Å². The molecule has 1 amide bonds. The summed E-state index contributed by atoms with van der Waals surface area (Å²) >= 11 is 0. The van der Waals surface area contributed by atoms with Gasteiger partial charge in [0, 0.05) is 5.69 Å². The van der Waals surface area contributed by atoms with E-state index < -0.39 is 17.9 Å². The van der Waals surface area contributed by atoms with Gasteiger partial charge < -0.3 is 18.6 Å². The minimum absolute atomic E-state index is 0.00867. The number of hydrogen-bond acceptors (Lipinski definition) is 7. The first-order chi connectivity index (χ1) is 20.7. The van der Waals surface area contributed by atoms with E-state index in [4.69, 9.17) is 18.6 Å². The summed E-state index contributed by atoms with van der Waals surface area (Å²) < 4.78 is 23.1. The zero-order chi connectivity index (χ0) is 30.7. The SMILES string of the molecule is CCCCOC(=O)c1ccc(N2C(=O)c3oc4ccc(C)cc4c(=O)c3C2c2ccc(OCCC(C)C)c(OC)c2)cc1. The number of hydrogen-bond donors (Lipinski definition) is 0. The van der Waals surface area contributed by atoms with Crippen molar-refractivity contribution in [3.05, 3.63) is 98.9 Å². The molecule has 0 N–H and O–H groups in total. The van der Waals surface area contributed by atoms with E-state index in [9.17, 15) is 14.4 Å². The molecule has 0 spiro atoms. The van der Waals surface area contributed by atoms with E-state index in [2.05, 4.69) is 13.8 Å². The van der Waals surface area contributed by atoms with Gasteiger partial charge in [0.05, 0.1) is 42.9 Å². The minimum atomic E-state index is -0.801. The van der Waals surface area contributed by atoms with Crippen molar-refractivity contribution in [2.75, 3.05) is 25.2 Å². The third-order valence-electron chi connectivity index (χ3n) is 7.59. The molecule has 0 bridgehead atoms. The van der Waals surface area contributed by atoms with Crippen molar-refractivity contribution in [3.63, 3.8) is 0 Å². The van der Waals surface area contributed by atoms with Crippen LogP contribution in [0, 0.1) is 12.8 Å². The van der Waals surface area contributed by atoms with Crippen LogP contribution in [0.3, 0.4) is 0 Å². The van der Waals surface area contributed by atoms with Crippen LogP contribution < -0.4 is 19.8 Å². The Morgan fingerprint density at radius 1 is 0.977 bits per heavy atom. The number of nitrogens with zero attached hydrogens (tertiary/aromatic N) is 1. The highest BCUT2D eigenvalue weighted by Gasteiger charge is 2.44. The summed E-state index contributed by atoms with van der Waals surface area (Å²) in [6.07, 6.45) is 2.59. The number of aryl methyl sites for hydroxylation is 1. The molecule has 2 heterocycles. The molecule has 8 heteroatoms. The van der Waals surface area contributed by atoms with Crippen molar-refractivity contribution < 1.29 is 28.2 Å². The monoisotopic (exact) mass is 583 g/mol. The highest BCUT2D eigenvalue weighted by Crippen LogP contribution is 2.43. The molecule has 0 aliphatic carbocycles. The first-order valence-corrected chi connectivity index (χ1v) is 14.7. The lowest BCUT2D eigenvalue weighted by Crippen LogP contribution is -2.29. The molecule has 1 aliphatic rings. The molecule has 0 saturated heterocycles. The molecule has 224 valence electrons. The lowest BCUT2D eigenvalue weighted by molar-refractivity contribution is 0.0499. The molecule has 1 aliphatic heterocycles. The number of rotatable bonds is 11. The lowest BCUT2D eigenvalue weighted by atomic mass is 9.97. The second kappa shape index (κ2) is 12.7. The van der Waals surface area contributed by atoms with Gasteiger partial charge in [-0.25, -0.2) is 4.79 Å². The summed E-state index contributed by atoms with van der Waals surface area (Å²) in [6, 6.07) is 16.6. The first-order valence-electron chi connectivity index (χ1n) is 14.7. The van der Waals surface area contributed by atoms with Crippen molar-refractivity contribution in [1.82, 2.24) is 0 Å². The van der Waals surface area contributed by atoms with Gasteiger partial charge in [-0.3, -0.25) is 14.5 Å². The van der Waals surface area contributed by atoms with Crippen LogP contribution in [0.2, 0.25) is 0 Å². The fourth-order valence-corrected chi connectivity index (χ4v) is 5.20. The van der Waals surface area contributed by atoms with E-state index in [1.54, 1.807) is 55.6 Å². The van der Waals surface area contributed by atoms with E-state index in [1.165, 1.54) is 4.90 Å². The van der Waals surface area contributed by atoms with E-state index in [0.717, 1.165) is 24.8 Å². The molecule has 8 nitrogen and oxygen atoms in total. The number of esters is 1. The molecule has 3 aromatic carbocycles. The number of ether oxygens (including phenoxy) is 3. The van der Waals surface area contributed by atoms with Crippen LogP contribution in [0.25, 0.3) is 11.0 Å². The van der Waals surface area contributed by atoms with Gasteiger partial charge in [-0.2, -0.15) is 0 Å². The van der Waals surface area contributed by atoms with Crippen LogP contribution in [-0.4, -0.2) is 32.2 Å². The maximum absolute atomic E-state index is 14.0. The molecule has 5 rings (SSSR count). The third kappa shape index (κ3) is 6.00. The molecule has 1 unspecified atom stereocenters. The normalized spacial score (nSPS) is 14.3. The molecule has 0 fully saturated rings. The standard InChI is InChI=1S/C35H37NO7/c1-6-7-17-42-35(39)23-9-12-25(13-10-23)36-31(24-11-15-28(29(20-24)40-5)41-18-16-21(2)3)30-32(37)26-19-22(4)8-14-27(26)43-33(30)34(36)38/h8-15,19-21,31H,6-7,16-18H2,1-5H3. The Balaban J connectivity index is 1.60. The Kier molecular flexibility index (Phi) is 8.85. The minimum Gasteiger partial charge on any atom is -0.493 e. The maximum Gasteiger partial charge on any atom is 0.338 e. The summed E-state index contributed by atoms with van der Waals surface area (Å²) in [5.41, 5.74) is 2.77. The molecule has 1 aromatic heterocycles. The number of benzene rings is 3. The second-order valence-electron chi connectivity index (χ2n) is 11.2. The summed E-state index contributed by atoms with van der Waals surface area (Å²) in [5, 5.41) is 0.407. The van der Waals surface area contributed by atoms with Crippen molar-refractivity contribution in [1.29, 1.82) is 0 Å². The van der Waals surface area contributed by atoms with Crippen LogP contribution in [-0.2, 0) is 4.74 Å². The summed E-state index contributed by atoms with van der Waals surface area (Å²) in [5.74, 6) is 0.675. The van der Waals surface area contributed by atoms with Gasteiger partial charge in [-0.05, 0) is 79.8 Å². The maximum atomic E-state index is 14.0. The Labute approximate surface area is 251 Å². The van der Waals surface area contributed by atoms with Gasteiger partial charge in [0.1, 0.15) is 5.58 Å². The van der Waals surface area contributed by atoms with Crippen LogP contribution >= 0.6 is 0 Å². The van der Waals surface area contributed by atoms with Gasteiger partial charge in [0.2, 0.25) is 5.76 Å². The largest absolute Gasteiger partial charge is 0.493 e. The predicted octanol–water partition coefficient (Wildman–Crippen LogP) is 7.24. The smallest absolute Gasteiger partial charge is 0.338 e. The van der Waals surface area contributed by atoms with Gasteiger partial charge in [-0.15, -0.1) is 0 Å². The number of fused-ring (bicyclic) bond motifs is 2. The fraction of sp³-hybridized carbons (Fsp3) is 0.343. The summed E-state index contributed by atoms with van der Waals surface area (Å²) in [4.78, 5) is 42.1. The average Bonchev–Trinajstić information content (AvgIpc) is 3.29. The van der Waals surface area contributed by atoms with Gasteiger partial charge in [0.25, 0.3) is 5.91 Å². The van der Waals surface area contributed by atoms with Gasteiger partial charge in [0.15, 0.2) is 16.9 Å². The average molecular weight is 584 g/mol. The highest BCUT2D eigenvalue weighted by atomic mass is 16.5. The molecule has 0 radical (unpaired) electrons. The van der Waals surface area contributed by atoms with Gasteiger partial charge in [-0.1, -0.05) is 44.9 Å². The molecular formula is C35H37NO7. The number of carbonyl (C=O) groups excluding carboxylic acids is 2. The molecular weight excluding hydrogens is 546 g/mol. The molecule has 1 atom stereocenters. The van der Waals surface area contributed by atoms with Crippen molar-refractivity contribution in [2.24, 2.45) is 5.92 Å². The number of amides is 1. The zero-order valence-electron chi connectivity index (χ0n) is 25.3. The lowest BCUT2D eigenvalue weighted by Gasteiger charge is -2.26. The Morgan fingerprint density at radius 2 is 1.74 bits per heavy atom.